The van der Waals surface area contributed by atoms with Crippen LogP contribution in [0.1, 0.15) is 29.7 Å². The number of hydrogen-bond acceptors (Lipinski definition) is 3. The number of benzene rings is 1. The molecule has 0 aliphatic carbocycles. The Balaban J connectivity index is 2.92. The van der Waals surface area contributed by atoms with Crippen LogP contribution in [0, 0.1) is 13.8 Å². The second-order valence-corrected chi connectivity index (χ2v) is 4.01. The van der Waals surface area contributed by atoms with Gasteiger partial charge < -0.3 is 9.84 Å². The molecule has 1 aromatic rings. The fourth-order valence-corrected chi connectivity index (χ4v) is 1.66. The number of aliphatic hydroxyl groups excluding tert-OH is 1. The highest BCUT2D eigenvalue weighted by Crippen LogP contribution is 2.25. The largest absolute Gasteiger partial charge is 0.463 e. The molecule has 0 saturated carbocycles. The average Bonchev–Trinajstić information content (AvgIpc) is 2.27. The van der Waals surface area contributed by atoms with E-state index in [9.17, 15) is 9.90 Å². The molecule has 1 rings (SSSR count). The van der Waals surface area contributed by atoms with Gasteiger partial charge in [-0.3, -0.25) is 0 Å². The van der Waals surface area contributed by atoms with Crippen molar-refractivity contribution in [2.45, 2.75) is 26.9 Å². The molecule has 0 saturated heterocycles. The summed E-state index contributed by atoms with van der Waals surface area (Å²) >= 11 is 0. The summed E-state index contributed by atoms with van der Waals surface area (Å²) in [6.45, 7) is 9.45. The molecule has 3 heteroatoms. The molecule has 0 aliphatic rings. The van der Waals surface area contributed by atoms with E-state index < -0.39 is 12.1 Å². The molecule has 0 bridgehead atoms. The Morgan fingerprint density at radius 2 is 2.12 bits per heavy atom. The van der Waals surface area contributed by atoms with Gasteiger partial charge in [-0.1, -0.05) is 30.3 Å². The van der Waals surface area contributed by atoms with Crippen LogP contribution in [0.15, 0.2) is 30.4 Å². The Hall–Kier alpha value is -1.61. The van der Waals surface area contributed by atoms with Gasteiger partial charge in [0.05, 0.1) is 12.2 Å². The lowest BCUT2D eigenvalue weighted by molar-refractivity contribution is -0.139. The molecule has 0 fully saturated rings. The van der Waals surface area contributed by atoms with Gasteiger partial charge >= 0.3 is 5.97 Å². The maximum absolute atomic E-state index is 11.5. The number of ether oxygens (including phenoxy) is 1. The molecule has 1 N–H and O–H groups in total. The zero-order valence-electron chi connectivity index (χ0n) is 10.5. The minimum absolute atomic E-state index is 0.0683. The van der Waals surface area contributed by atoms with Crippen LogP contribution >= 0.6 is 0 Å². The van der Waals surface area contributed by atoms with Gasteiger partial charge in [0.1, 0.15) is 6.10 Å². The molecule has 17 heavy (non-hydrogen) atoms. The summed E-state index contributed by atoms with van der Waals surface area (Å²) in [5, 5.41) is 10.1. The second-order valence-electron chi connectivity index (χ2n) is 4.01. The van der Waals surface area contributed by atoms with Crippen LogP contribution in [0.2, 0.25) is 0 Å². The van der Waals surface area contributed by atoms with Gasteiger partial charge in [0.25, 0.3) is 0 Å². The molecule has 1 unspecified atom stereocenters. The van der Waals surface area contributed by atoms with Crippen LogP contribution in [0.25, 0.3) is 0 Å². The second kappa shape index (κ2) is 5.64. The van der Waals surface area contributed by atoms with E-state index in [1.807, 2.05) is 26.0 Å². The highest BCUT2D eigenvalue weighted by molar-refractivity contribution is 5.89. The predicted molar refractivity (Wildman–Crippen MR) is 66.6 cm³/mol. The van der Waals surface area contributed by atoms with Crippen LogP contribution in [-0.2, 0) is 9.53 Å². The van der Waals surface area contributed by atoms with Crippen molar-refractivity contribution in [3.63, 3.8) is 0 Å². The van der Waals surface area contributed by atoms with Gasteiger partial charge in [0, 0.05) is 0 Å². The number of aryl methyl sites for hydroxylation is 2. The predicted octanol–water partition coefficient (Wildman–Crippen LogP) is 2.46. The van der Waals surface area contributed by atoms with Crippen molar-refractivity contribution < 1.29 is 14.6 Å². The third kappa shape index (κ3) is 3.17. The minimum atomic E-state index is -1.00. The van der Waals surface area contributed by atoms with Crippen molar-refractivity contribution in [3.05, 3.63) is 47.0 Å². The van der Waals surface area contributed by atoms with Crippen molar-refractivity contribution in [2.24, 2.45) is 0 Å². The van der Waals surface area contributed by atoms with E-state index in [4.69, 9.17) is 4.74 Å². The highest BCUT2D eigenvalue weighted by Gasteiger charge is 2.20. The van der Waals surface area contributed by atoms with Gasteiger partial charge in [-0.05, 0) is 31.9 Å². The zero-order valence-corrected chi connectivity index (χ0v) is 10.5. The van der Waals surface area contributed by atoms with E-state index >= 15 is 0 Å². The number of carbonyl (C=O) groups excluding carboxylic acids is 1. The van der Waals surface area contributed by atoms with Crippen LogP contribution in [-0.4, -0.2) is 17.7 Å². The van der Waals surface area contributed by atoms with Gasteiger partial charge in [0.2, 0.25) is 0 Å². The number of carbonyl (C=O) groups is 1. The molecule has 0 aliphatic heterocycles. The summed E-state index contributed by atoms with van der Waals surface area (Å²) < 4.78 is 4.81. The first-order chi connectivity index (χ1) is 7.97. The molecule has 1 atom stereocenters. The van der Waals surface area contributed by atoms with E-state index in [2.05, 4.69) is 6.58 Å². The first-order valence-electron chi connectivity index (χ1n) is 5.58. The van der Waals surface area contributed by atoms with Gasteiger partial charge in [-0.2, -0.15) is 0 Å². The lowest BCUT2D eigenvalue weighted by Gasteiger charge is -2.15. The molecule has 0 amide bonds. The van der Waals surface area contributed by atoms with E-state index in [0.717, 1.165) is 11.1 Å². The number of esters is 1. The summed E-state index contributed by atoms with van der Waals surface area (Å²) in [6.07, 6.45) is -1.00. The standard InChI is InChI=1S/C14H18O3/c1-5-17-14(16)11(4)13(15)12-7-6-9(2)8-10(12)3/h6-8,13,15H,4-5H2,1-3H3. The van der Waals surface area contributed by atoms with Crippen molar-refractivity contribution in [3.8, 4) is 0 Å². The van der Waals surface area contributed by atoms with E-state index in [1.165, 1.54) is 0 Å². The summed E-state index contributed by atoms with van der Waals surface area (Å²) in [5.41, 5.74) is 2.80. The van der Waals surface area contributed by atoms with E-state index in [0.29, 0.717) is 5.56 Å². The Bertz CT molecular complexity index is 435. The minimum Gasteiger partial charge on any atom is -0.463 e. The molecule has 92 valence electrons. The van der Waals surface area contributed by atoms with Crippen LogP contribution in [0.3, 0.4) is 0 Å². The molecular formula is C14H18O3. The van der Waals surface area contributed by atoms with Crippen LogP contribution in [0.5, 0.6) is 0 Å². The summed E-state index contributed by atoms with van der Waals surface area (Å²) in [4.78, 5) is 11.5. The molecule has 0 heterocycles. The molecule has 0 radical (unpaired) electrons. The summed E-state index contributed by atoms with van der Waals surface area (Å²) in [6, 6.07) is 5.65. The fraction of sp³-hybridized carbons (Fsp3) is 0.357. The van der Waals surface area contributed by atoms with Gasteiger partial charge in [-0.25, -0.2) is 4.79 Å². The molecule has 0 spiro atoms. The van der Waals surface area contributed by atoms with Crippen molar-refractivity contribution in [1.82, 2.24) is 0 Å². The van der Waals surface area contributed by atoms with E-state index in [1.54, 1.807) is 13.0 Å². The third-order valence-corrected chi connectivity index (χ3v) is 2.59. The first kappa shape index (κ1) is 13.5. The van der Waals surface area contributed by atoms with Crippen molar-refractivity contribution in [1.29, 1.82) is 0 Å². The van der Waals surface area contributed by atoms with Crippen molar-refractivity contribution >= 4 is 5.97 Å². The van der Waals surface area contributed by atoms with E-state index in [-0.39, 0.29) is 12.2 Å². The average molecular weight is 234 g/mol. The topological polar surface area (TPSA) is 46.5 Å². The molecule has 1 aromatic carbocycles. The van der Waals surface area contributed by atoms with Gasteiger partial charge in [-0.15, -0.1) is 0 Å². The maximum atomic E-state index is 11.5. The molecule has 0 aromatic heterocycles. The quantitative estimate of drug-likeness (QED) is 0.643. The van der Waals surface area contributed by atoms with Crippen LogP contribution < -0.4 is 0 Å². The Morgan fingerprint density at radius 1 is 1.47 bits per heavy atom. The van der Waals surface area contributed by atoms with Crippen molar-refractivity contribution in [2.75, 3.05) is 6.61 Å². The highest BCUT2D eigenvalue weighted by atomic mass is 16.5. The molecular weight excluding hydrogens is 216 g/mol. The summed E-state index contributed by atoms with van der Waals surface area (Å²) in [7, 11) is 0. The fourth-order valence-electron chi connectivity index (χ4n) is 1.66. The van der Waals surface area contributed by atoms with Gasteiger partial charge in [0.15, 0.2) is 0 Å². The zero-order chi connectivity index (χ0) is 13.0. The smallest absolute Gasteiger partial charge is 0.336 e. The lowest BCUT2D eigenvalue weighted by Crippen LogP contribution is -2.14. The number of hydrogen-bond donors (Lipinski definition) is 1. The summed E-state index contributed by atoms with van der Waals surface area (Å²) in [5.74, 6) is -0.556. The normalized spacial score (nSPS) is 12.0. The Kier molecular flexibility index (Phi) is 4.46. The molecule has 3 nitrogen and oxygen atoms in total. The Morgan fingerprint density at radius 3 is 2.65 bits per heavy atom. The third-order valence-electron chi connectivity index (χ3n) is 2.59. The Labute approximate surface area is 102 Å². The number of aliphatic hydroxyl groups is 1. The first-order valence-corrected chi connectivity index (χ1v) is 5.58. The lowest BCUT2D eigenvalue weighted by atomic mass is 9.97. The maximum Gasteiger partial charge on any atom is 0.336 e. The monoisotopic (exact) mass is 234 g/mol. The van der Waals surface area contributed by atoms with Crippen LogP contribution in [0.4, 0.5) is 0 Å². The SMILES string of the molecule is C=C(C(=O)OCC)C(O)c1ccc(C)cc1C. The number of rotatable bonds is 4.